The highest BCUT2D eigenvalue weighted by atomic mass is 32.1. The van der Waals surface area contributed by atoms with Gasteiger partial charge in [-0.05, 0) is 23.6 Å². The van der Waals surface area contributed by atoms with Gasteiger partial charge in [0.25, 0.3) is 5.91 Å². The smallest absolute Gasteiger partial charge is 0.276 e. The van der Waals surface area contributed by atoms with Gasteiger partial charge >= 0.3 is 0 Å². The minimum absolute atomic E-state index is 0.130. The molecule has 0 aliphatic carbocycles. The summed E-state index contributed by atoms with van der Waals surface area (Å²) < 4.78 is 5.30. The van der Waals surface area contributed by atoms with Crippen LogP contribution < -0.4 is 4.90 Å². The summed E-state index contributed by atoms with van der Waals surface area (Å²) in [6.07, 6.45) is 1.63. The summed E-state index contributed by atoms with van der Waals surface area (Å²) in [5.41, 5.74) is 0.906. The molecule has 4 rings (SSSR count). The molecule has 1 saturated heterocycles. The summed E-state index contributed by atoms with van der Waals surface area (Å²) in [7, 11) is 0. The monoisotopic (exact) mass is 365 g/mol. The summed E-state index contributed by atoms with van der Waals surface area (Å²) in [6, 6.07) is 11.1. The van der Waals surface area contributed by atoms with Crippen LogP contribution in [-0.4, -0.2) is 47.1 Å². The highest BCUT2D eigenvalue weighted by Gasteiger charge is 2.25. The van der Waals surface area contributed by atoms with Gasteiger partial charge in [0.2, 0.25) is 0 Å². The van der Waals surface area contributed by atoms with Crippen LogP contribution >= 0.6 is 11.3 Å². The largest absolute Gasteiger partial charge is 0.355 e. The number of aromatic nitrogens is 2. The molecule has 7 nitrogen and oxygen atoms in total. The van der Waals surface area contributed by atoms with E-state index < -0.39 is 0 Å². The average molecular weight is 365 g/mol. The van der Waals surface area contributed by atoms with Gasteiger partial charge in [0.05, 0.1) is 16.5 Å². The van der Waals surface area contributed by atoms with Crippen molar-refractivity contribution in [2.45, 2.75) is 0 Å². The molecular weight excluding hydrogens is 350 g/mol. The number of hydrogen-bond acceptors (Lipinski definition) is 7. The van der Waals surface area contributed by atoms with Gasteiger partial charge in [-0.15, -0.1) is 11.3 Å². The second kappa shape index (κ2) is 6.98. The second-order valence-corrected chi connectivity index (χ2v) is 6.80. The molecule has 0 aromatic carbocycles. The highest BCUT2D eigenvalue weighted by molar-refractivity contribution is 7.13. The molecule has 8 heteroatoms. The van der Waals surface area contributed by atoms with E-state index in [1.54, 1.807) is 40.6 Å². The third-order valence-electron chi connectivity index (χ3n) is 4.26. The number of rotatable bonds is 3. The number of thiophene rings is 1. The van der Waals surface area contributed by atoms with E-state index in [2.05, 4.69) is 21.1 Å². The summed E-state index contributed by atoms with van der Waals surface area (Å²) >= 11 is 1.54. The molecule has 0 bridgehead atoms. The van der Waals surface area contributed by atoms with Crippen LogP contribution in [0.25, 0.3) is 10.6 Å². The molecule has 3 aromatic rings. The van der Waals surface area contributed by atoms with Crippen LogP contribution in [0, 0.1) is 11.3 Å². The van der Waals surface area contributed by atoms with E-state index in [4.69, 9.17) is 9.78 Å². The number of carbonyl (C=O) groups excluding carboxylic acids is 1. The van der Waals surface area contributed by atoms with E-state index in [0.29, 0.717) is 43.2 Å². The predicted molar refractivity (Wildman–Crippen MR) is 96.9 cm³/mol. The van der Waals surface area contributed by atoms with Gasteiger partial charge < -0.3 is 14.3 Å². The van der Waals surface area contributed by atoms with Gasteiger partial charge in [-0.1, -0.05) is 11.2 Å². The van der Waals surface area contributed by atoms with Crippen LogP contribution in [0.5, 0.6) is 0 Å². The normalized spacial score (nSPS) is 14.3. The van der Waals surface area contributed by atoms with Crippen molar-refractivity contribution in [3.05, 3.63) is 53.2 Å². The van der Waals surface area contributed by atoms with E-state index in [-0.39, 0.29) is 5.91 Å². The molecule has 0 N–H and O–H groups in total. The Morgan fingerprint density at radius 3 is 2.81 bits per heavy atom. The lowest BCUT2D eigenvalue weighted by molar-refractivity contribution is 0.0736. The Morgan fingerprint density at radius 1 is 1.23 bits per heavy atom. The molecule has 1 amide bonds. The van der Waals surface area contributed by atoms with Crippen molar-refractivity contribution in [3.63, 3.8) is 0 Å². The Labute approximate surface area is 154 Å². The summed E-state index contributed by atoms with van der Waals surface area (Å²) in [5, 5.41) is 14.9. The summed E-state index contributed by atoms with van der Waals surface area (Å²) in [5.74, 6) is 1.24. The van der Waals surface area contributed by atoms with Crippen LogP contribution in [0.1, 0.15) is 16.1 Å². The number of nitrogens with zero attached hydrogens (tertiary/aromatic N) is 5. The van der Waals surface area contributed by atoms with Crippen molar-refractivity contribution in [1.29, 1.82) is 5.26 Å². The molecule has 130 valence electrons. The average Bonchev–Trinajstić information content (AvgIpc) is 3.39. The van der Waals surface area contributed by atoms with Gasteiger partial charge in [0, 0.05) is 38.4 Å². The maximum atomic E-state index is 12.7. The Hall–Kier alpha value is -3.18. The minimum Gasteiger partial charge on any atom is -0.355 e. The van der Waals surface area contributed by atoms with E-state index in [1.165, 1.54) is 0 Å². The SMILES string of the molecule is N#Cc1ccnc(N2CCN(C(=O)c3cc(-c4cccs4)on3)CC2)c1. The van der Waals surface area contributed by atoms with Crippen molar-refractivity contribution in [2.75, 3.05) is 31.1 Å². The van der Waals surface area contributed by atoms with Gasteiger partial charge in [-0.3, -0.25) is 4.79 Å². The lowest BCUT2D eigenvalue weighted by Gasteiger charge is -2.35. The maximum Gasteiger partial charge on any atom is 0.276 e. The predicted octanol–water partition coefficient (Wildman–Crippen LogP) is 2.63. The van der Waals surface area contributed by atoms with Crippen molar-refractivity contribution in [2.24, 2.45) is 0 Å². The summed E-state index contributed by atoms with van der Waals surface area (Å²) in [4.78, 5) is 21.8. The zero-order chi connectivity index (χ0) is 17.9. The first-order valence-electron chi connectivity index (χ1n) is 8.15. The van der Waals surface area contributed by atoms with E-state index in [0.717, 1.165) is 10.7 Å². The van der Waals surface area contributed by atoms with Crippen molar-refractivity contribution >= 4 is 23.1 Å². The van der Waals surface area contributed by atoms with E-state index in [1.807, 2.05) is 17.5 Å². The molecule has 0 unspecified atom stereocenters. The van der Waals surface area contributed by atoms with Crippen LogP contribution in [0.3, 0.4) is 0 Å². The molecule has 0 spiro atoms. The highest BCUT2D eigenvalue weighted by Crippen LogP contribution is 2.25. The first-order valence-corrected chi connectivity index (χ1v) is 9.03. The van der Waals surface area contributed by atoms with Crippen molar-refractivity contribution in [3.8, 4) is 16.7 Å². The standard InChI is InChI=1S/C18H15N5O2S/c19-12-13-3-4-20-17(10-13)22-5-7-23(8-6-22)18(24)14-11-15(25-21-14)16-2-1-9-26-16/h1-4,9-11H,5-8H2. The molecule has 1 aliphatic heterocycles. The number of hydrogen-bond donors (Lipinski definition) is 0. The molecular formula is C18H15N5O2S. The fraction of sp³-hybridized carbons (Fsp3) is 0.222. The van der Waals surface area contributed by atoms with Gasteiger partial charge in [-0.25, -0.2) is 4.98 Å². The van der Waals surface area contributed by atoms with Crippen LogP contribution in [0.15, 0.2) is 46.4 Å². The Bertz CT molecular complexity index is 952. The number of piperazine rings is 1. The first kappa shape index (κ1) is 16.3. The van der Waals surface area contributed by atoms with Crippen LogP contribution in [0.4, 0.5) is 5.82 Å². The zero-order valence-electron chi connectivity index (χ0n) is 13.8. The Kier molecular flexibility index (Phi) is 4.37. The molecule has 0 radical (unpaired) electrons. The van der Waals surface area contributed by atoms with Crippen molar-refractivity contribution < 1.29 is 9.32 Å². The fourth-order valence-electron chi connectivity index (χ4n) is 2.87. The van der Waals surface area contributed by atoms with Gasteiger partial charge in [0.15, 0.2) is 11.5 Å². The molecule has 26 heavy (non-hydrogen) atoms. The topological polar surface area (TPSA) is 86.3 Å². The maximum absolute atomic E-state index is 12.7. The molecule has 0 atom stereocenters. The van der Waals surface area contributed by atoms with Crippen molar-refractivity contribution in [1.82, 2.24) is 15.0 Å². The number of carbonyl (C=O) groups is 1. The Balaban J connectivity index is 1.41. The molecule has 0 saturated carbocycles. The summed E-state index contributed by atoms with van der Waals surface area (Å²) in [6.45, 7) is 2.45. The molecule has 3 aromatic heterocycles. The van der Waals surface area contributed by atoms with Gasteiger partial charge in [0.1, 0.15) is 5.82 Å². The van der Waals surface area contributed by atoms with Gasteiger partial charge in [-0.2, -0.15) is 5.26 Å². The molecule has 1 aliphatic rings. The molecule has 1 fully saturated rings. The number of anilines is 1. The quantitative estimate of drug-likeness (QED) is 0.709. The second-order valence-electron chi connectivity index (χ2n) is 5.85. The Morgan fingerprint density at radius 2 is 2.08 bits per heavy atom. The molecule has 4 heterocycles. The zero-order valence-corrected chi connectivity index (χ0v) is 14.6. The third-order valence-corrected chi connectivity index (χ3v) is 5.14. The van der Waals surface area contributed by atoms with E-state index in [9.17, 15) is 4.79 Å². The van der Waals surface area contributed by atoms with Crippen LogP contribution in [0.2, 0.25) is 0 Å². The lowest BCUT2D eigenvalue weighted by atomic mass is 10.2. The minimum atomic E-state index is -0.130. The fourth-order valence-corrected chi connectivity index (χ4v) is 3.55. The number of amides is 1. The van der Waals surface area contributed by atoms with Crippen LogP contribution in [-0.2, 0) is 0 Å². The number of pyridine rings is 1. The number of nitriles is 1. The first-order chi connectivity index (χ1) is 12.7. The van der Waals surface area contributed by atoms with E-state index >= 15 is 0 Å². The third kappa shape index (κ3) is 3.17. The lowest BCUT2D eigenvalue weighted by Crippen LogP contribution is -2.49.